The van der Waals surface area contributed by atoms with Gasteiger partial charge in [0.25, 0.3) is 5.91 Å². The number of carbonyl (C=O) groups excluding carboxylic acids is 2. The maximum absolute atomic E-state index is 12.1. The van der Waals surface area contributed by atoms with Crippen LogP contribution in [0.25, 0.3) is 0 Å². The predicted octanol–water partition coefficient (Wildman–Crippen LogP) is 3.45. The lowest BCUT2D eigenvalue weighted by Gasteiger charge is -2.09. The van der Waals surface area contributed by atoms with E-state index in [0.29, 0.717) is 20.7 Å². The third-order valence-corrected chi connectivity index (χ3v) is 4.01. The van der Waals surface area contributed by atoms with E-state index in [0.717, 1.165) is 0 Å². The van der Waals surface area contributed by atoms with Crippen LogP contribution in [0.5, 0.6) is 0 Å². The van der Waals surface area contributed by atoms with Gasteiger partial charge < -0.3 is 11.1 Å². The maximum atomic E-state index is 12.1. The van der Waals surface area contributed by atoms with Gasteiger partial charge in [-0.3, -0.25) is 9.59 Å². The molecule has 2 aromatic carbocycles. The molecule has 0 unspecified atom stereocenters. The molecule has 0 spiro atoms. The van der Waals surface area contributed by atoms with E-state index in [4.69, 9.17) is 17.3 Å². The van der Waals surface area contributed by atoms with Crippen LogP contribution in [0.15, 0.2) is 46.9 Å². The van der Waals surface area contributed by atoms with Crippen molar-refractivity contribution in [2.24, 2.45) is 5.73 Å². The molecule has 2 aromatic rings. The normalized spacial score (nSPS) is 10.1. The van der Waals surface area contributed by atoms with Gasteiger partial charge in [0.1, 0.15) is 0 Å². The Morgan fingerprint density at radius 3 is 2.45 bits per heavy atom. The average Bonchev–Trinajstić information content (AvgIpc) is 2.44. The molecule has 0 aliphatic rings. The summed E-state index contributed by atoms with van der Waals surface area (Å²) in [5.74, 6) is -0.931. The molecule has 0 bridgehead atoms. The first-order chi connectivity index (χ1) is 9.49. The molecule has 2 amide bonds. The van der Waals surface area contributed by atoms with Gasteiger partial charge in [-0.25, -0.2) is 0 Å². The van der Waals surface area contributed by atoms with Crippen molar-refractivity contribution in [2.45, 2.75) is 0 Å². The first-order valence-corrected chi connectivity index (χ1v) is 6.81. The Morgan fingerprint density at radius 1 is 1.10 bits per heavy atom. The van der Waals surface area contributed by atoms with Crippen LogP contribution in [0, 0.1) is 0 Å². The highest BCUT2D eigenvalue weighted by molar-refractivity contribution is 9.10. The fraction of sp³-hybridized carbons (Fsp3) is 0. The van der Waals surface area contributed by atoms with E-state index in [-0.39, 0.29) is 11.5 Å². The van der Waals surface area contributed by atoms with Crippen LogP contribution in [0.1, 0.15) is 20.7 Å². The summed E-state index contributed by atoms with van der Waals surface area (Å²) in [6, 6.07) is 11.3. The van der Waals surface area contributed by atoms with Crippen molar-refractivity contribution >= 4 is 45.0 Å². The Bertz CT molecular complexity index is 689. The quantitative estimate of drug-likeness (QED) is 0.887. The van der Waals surface area contributed by atoms with Crippen LogP contribution in [-0.4, -0.2) is 11.8 Å². The van der Waals surface area contributed by atoms with Crippen LogP contribution < -0.4 is 11.1 Å². The summed E-state index contributed by atoms with van der Waals surface area (Å²) in [4.78, 5) is 23.2. The number of carbonyl (C=O) groups is 2. The molecule has 0 heterocycles. The minimum Gasteiger partial charge on any atom is -0.366 e. The Hall–Kier alpha value is -1.85. The molecule has 0 aromatic heterocycles. The lowest BCUT2D eigenvalue weighted by atomic mass is 10.1. The van der Waals surface area contributed by atoms with E-state index in [2.05, 4.69) is 21.2 Å². The highest BCUT2D eigenvalue weighted by Gasteiger charge is 2.11. The van der Waals surface area contributed by atoms with Crippen molar-refractivity contribution in [2.75, 3.05) is 5.32 Å². The number of hydrogen-bond donors (Lipinski definition) is 2. The summed E-state index contributed by atoms with van der Waals surface area (Å²) in [6.45, 7) is 0. The van der Waals surface area contributed by atoms with E-state index in [1.165, 1.54) is 6.07 Å². The van der Waals surface area contributed by atoms with Gasteiger partial charge in [-0.2, -0.15) is 0 Å². The van der Waals surface area contributed by atoms with Gasteiger partial charge in [0.2, 0.25) is 5.91 Å². The molecular weight excluding hydrogens is 344 g/mol. The largest absolute Gasteiger partial charge is 0.366 e. The molecule has 4 nitrogen and oxygen atoms in total. The van der Waals surface area contributed by atoms with Gasteiger partial charge in [0.15, 0.2) is 0 Å². The highest BCUT2D eigenvalue weighted by atomic mass is 79.9. The summed E-state index contributed by atoms with van der Waals surface area (Å²) in [5, 5.41) is 3.21. The van der Waals surface area contributed by atoms with E-state index >= 15 is 0 Å². The summed E-state index contributed by atoms with van der Waals surface area (Å²) in [5.41, 5.74) is 6.35. The van der Waals surface area contributed by atoms with E-state index in [9.17, 15) is 9.59 Å². The minimum absolute atomic E-state index is 0.280. The fourth-order valence-corrected chi connectivity index (χ4v) is 2.15. The van der Waals surface area contributed by atoms with Gasteiger partial charge in [0.05, 0.1) is 15.2 Å². The molecule has 0 radical (unpaired) electrons. The number of nitrogens with one attached hydrogen (secondary N) is 1. The van der Waals surface area contributed by atoms with Gasteiger partial charge >= 0.3 is 0 Å². The Morgan fingerprint density at radius 2 is 1.75 bits per heavy atom. The second kappa shape index (κ2) is 6.07. The number of primary amides is 1. The van der Waals surface area contributed by atoms with E-state index < -0.39 is 5.91 Å². The van der Waals surface area contributed by atoms with Crippen molar-refractivity contribution in [1.29, 1.82) is 0 Å². The highest BCUT2D eigenvalue weighted by Crippen LogP contribution is 2.30. The number of nitrogens with two attached hydrogens (primary N) is 1. The number of rotatable bonds is 3. The lowest BCUT2D eigenvalue weighted by Crippen LogP contribution is -2.15. The van der Waals surface area contributed by atoms with Crippen molar-refractivity contribution in [3.8, 4) is 0 Å². The molecule has 0 saturated heterocycles. The smallest absolute Gasteiger partial charge is 0.255 e. The van der Waals surface area contributed by atoms with Crippen molar-refractivity contribution in [3.63, 3.8) is 0 Å². The molecule has 20 heavy (non-hydrogen) atoms. The summed E-state index contributed by atoms with van der Waals surface area (Å²) >= 11 is 9.25. The molecule has 2 rings (SSSR count). The fourth-order valence-electron chi connectivity index (χ4n) is 1.61. The lowest BCUT2D eigenvalue weighted by molar-refractivity contribution is 0.1000. The first kappa shape index (κ1) is 14.6. The van der Waals surface area contributed by atoms with Crippen molar-refractivity contribution in [1.82, 2.24) is 0 Å². The van der Waals surface area contributed by atoms with Gasteiger partial charge in [-0.1, -0.05) is 23.7 Å². The third-order valence-electron chi connectivity index (χ3n) is 2.61. The van der Waals surface area contributed by atoms with Crippen LogP contribution in [0.2, 0.25) is 5.02 Å². The SMILES string of the molecule is NC(=O)c1cccc(C(=O)Nc2cccc(Cl)c2Br)c1. The minimum atomic E-state index is -0.580. The molecule has 3 N–H and O–H groups in total. The number of benzene rings is 2. The van der Waals surface area contributed by atoms with E-state index in [1.54, 1.807) is 36.4 Å². The molecule has 0 atom stereocenters. The summed E-state index contributed by atoms with van der Waals surface area (Å²) in [7, 11) is 0. The summed E-state index contributed by atoms with van der Waals surface area (Å²) in [6.07, 6.45) is 0. The molecular formula is C14H10BrClN2O2. The van der Waals surface area contributed by atoms with Gasteiger partial charge in [-0.15, -0.1) is 0 Å². The zero-order valence-corrected chi connectivity index (χ0v) is 12.5. The maximum Gasteiger partial charge on any atom is 0.255 e. The Labute approximate surface area is 129 Å². The predicted molar refractivity (Wildman–Crippen MR) is 82.1 cm³/mol. The Kier molecular flexibility index (Phi) is 4.42. The van der Waals surface area contributed by atoms with Crippen molar-refractivity contribution in [3.05, 3.63) is 63.1 Å². The summed E-state index contributed by atoms with van der Waals surface area (Å²) < 4.78 is 0.598. The molecule has 0 saturated carbocycles. The standard InChI is InChI=1S/C14H10BrClN2O2/c15-12-10(16)5-2-6-11(12)18-14(20)9-4-1-3-8(7-9)13(17)19/h1-7H,(H2,17,19)(H,18,20). The number of halogens is 2. The molecule has 0 fully saturated rings. The molecule has 0 aliphatic heterocycles. The molecule has 6 heteroatoms. The van der Waals surface area contributed by atoms with Crippen LogP contribution in [-0.2, 0) is 0 Å². The molecule has 102 valence electrons. The zero-order valence-electron chi connectivity index (χ0n) is 10.2. The second-order valence-corrected chi connectivity index (χ2v) is 5.20. The van der Waals surface area contributed by atoms with Crippen LogP contribution in [0.4, 0.5) is 5.69 Å². The van der Waals surface area contributed by atoms with Gasteiger partial charge in [0, 0.05) is 11.1 Å². The number of anilines is 1. The number of hydrogen-bond acceptors (Lipinski definition) is 2. The first-order valence-electron chi connectivity index (χ1n) is 5.64. The van der Waals surface area contributed by atoms with Gasteiger partial charge in [-0.05, 0) is 46.3 Å². The molecule has 0 aliphatic carbocycles. The van der Waals surface area contributed by atoms with E-state index in [1.807, 2.05) is 0 Å². The topological polar surface area (TPSA) is 72.2 Å². The third kappa shape index (κ3) is 3.18. The Balaban J connectivity index is 2.26. The number of amides is 2. The zero-order chi connectivity index (χ0) is 14.7. The monoisotopic (exact) mass is 352 g/mol. The van der Waals surface area contributed by atoms with Crippen molar-refractivity contribution < 1.29 is 9.59 Å². The van der Waals surface area contributed by atoms with Crippen LogP contribution in [0.3, 0.4) is 0 Å². The van der Waals surface area contributed by atoms with Crippen LogP contribution >= 0.6 is 27.5 Å². The second-order valence-electron chi connectivity index (χ2n) is 4.00. The average molecular weight is 354 g/mol.